The summed E-state index contributed by atoms with van der Waals surface area (Å²) in [6.07, 6.45) is 0.940. The van der Waals surface area contributed by atoms with Gasteiger partial charge < -0.3 is 19.1 Å². The Labute approximate surface area is 149 Å². The number of nitrogens with one attached hydrogen (secondary N) is 1. The van der Waals surface area contributed by atoms with Crippen LogP contribution in [-0.2, 0) is 33.8 Å². The molecule has 0 aliphatic carbocycles. The minimum absolute atomic E-state index is 0.0679. The Balaban J connectivity index is 2.59. The monoisotopic (exact) mass is 388 g/mol. The van der Waals surface area contributed by atoms with Gasteiger partial charge >= 0.3 is 11.9 Å². The van der Waals surface area contributed by atoms with E-state index >= 15 is 0 Å². The van der Waals surface area contributed by atoms with Crippen molar-refractivity contribution in [2.45, 2.75) is 0 Å². The molecule has 1 aromatic carbocycles. The van der Waals surface area contributed by atoms with Crippen LogP contribution in [0.3, 0.4) is 0 Å². The van der Waals surface area contributed by atoms with Crippen LogP contribution in [0.15, 0.2) is 29.5 Å². The second-order valence-corrected chi connectivity index (χ2v) is 7.00. The first kappa shape index (κ1) is 19.7. The molecule has 0 fully saturated rings. The van der Waals surface area contributed by atoms with Gasteiger partial charge in [-0.05, 0) is 18.2 Å². The molecule has 1 aliphatic heterocycles. The summed E-state index contributed by atoms with van der Waals surface area (Å²) in [7, 11) is -1.37. The molecule has 2 rings (SSSR count). The van der Waals surface area contributed by atoms with E-state index in [2.05, 4.69) is 14.2 Å². The molecular formula is C15H17FN2O7S. The highest BCUT2D eigenvalue weighted by Gasteiger charge is 2.33. The molecule has 1 heterocycles. The fourth-order valence-electron chi connectivity index (χ4n) is 2.33. The minimum Gasteiger partial charge on any atom is -0.466 e. The molecular weight excluding hydrogens is 371 g/mol. The third-order valence-corrected chi connectivity index (χ3v) is 3.98. The summed E-state index contributed by atoms with van der Waals surface area (Å²) in [5, 5.41) is 0. The molecule has 0 bridgehead atoms. The van der Waals surface area contributed by atoms with Gasteiger partial charge in [0.05, 0.1) is 44.0 Å². The Morgan fingerprint density at radius 3 is 2.46 bits per heavy atom. The van der Waals surface area contributed by atoms with Crippen molar-refractivity contribution in [3.8, 4) is 0 Å². The first-order chi connectivity index (χ1) is 12.2. The van der Waals surface area contributed by atoms with E-state index in [1.165, 1.54) is 12.1 Å². The third kappa shape index (κ3) is 4.29. The number of carbonyl (C=O) groups is 2. The first-order valence-electron chi connectivity index (χ1n) is 7.20. The zero-order chi connectivity index (χ0) is 19.5. The van der Waals surface area contributed by atoms with Crippen LogP contribution >= 0.6 is 0 Å². The summed E-state index contributed by atoms with van der Waals surface area (Å²) in [5.41, 5.74) is -0.508. The maximum absolute atomic E-state index is 14.4. The normalized spacial score (nSPS) is 14.8. The fourth-order valence-corrected chi connectivity index (χ4v) is 2.89. The zero-order valence-corrected chi connectivity index (χ0v) is 15.1. The second kappa shape index (κ2) is 7.70. The van der Waals surface area contributed by atoms with Crippen molar-refractivity contribution in [2.75, 3.05) is 43.4 Å². The van der Waals surface area contributed by atoms with Gasteiger partial charge in [0.15, 0.2) is 0 Å². The van der Waals surface area contributed by atoms with E-state index in [9.17, 15) is 22.4 Å². The second-order valence-electron chi connectivity index (χ2n) is 5.26. The molecule has 0 atom stereocenters. The molecule has 0 saturated carbocycles. The Hall–Kier alpha value is -2.66. The van der Waals surface area contributed by atoms with Crippen molar-refractivity contribution in [1.29, 1.82) is 0 Å². The van der Waals surface area contributed by atoms with Crippen LogP contribution in [0, 0.1) is 5.82 Å². The highest BCUT2D eigenvalue weighted by atomic mass is 32.2. The number of sulfonamides is 1. The van der Waals surface area contributed by atoms with Gasteiger partial charge in [0, 0.05) is 0 Å². The van der Waals surface area contributed by atoms with E-state index in [0.29, 0.717) is 0 Å². The van der Waals surface area contributed by atoms with Gasteiger partial charge in [0.25, 0.3) is 0 Å². The average molecular weight is 388 g/mol. The highest BCUT2D eigenvalue weighted by molar-refractivity contribution is 7.92. The van der Waals surface area contributed by atoms with Crippen LogP contribution < -0.4 is 9.62 Å². The smallest absolute Gasteiger partial charge is 0.355 e. The van der Waals surface area contributed by atoms with E-state index in [0.717, 1.165) is 31.4 Å². The Bertz CT molecular complexity index is 867. The molecule has 0 aromatic heterocycles. The van der Waals surface area contributed by atoms with Crippen LogP contribution in [-0.4, -0.2) is 54.2 Å². The Morgan fingerprint density at radius 1 is 1.23 bits per heavy atom. The molecule has 0 radical (unpaired) electrons. The van der Waals surface area contributed by atoms with Crippen LogP contribution in [0.1, 0.15) is 0 Å². The van der Waals surface area contributed by atoms with Gasteiger partial charge in [-0.25, -0.2) is 22.4 Å². The molecule has 1 N–H and O–H groups in total. The van der Waals surface area contributed by atoms with Crippen LogP contribution in [0.4, 0.5) is 15.8 Å². The largest absolute Gasteiger partial charge is 0.466 e. The minimum atomic E-state index is -3.60. The first-order valence-corrected chi connectivity index (χ1v) is 9.09. The summed E-state index contributed by atoms with van der Waals surface area (Å²) < 4.78 is 53.9. The summed E-state index contributed by atoms with van der Waals surface area (Å²) >= 11 is 0. The lowest BCUT2D eigenvalue weighted by Crippen LogP contribution is -2.39. The van der Waals surface area contributed by atoms with Crippen molar-refractivity contribution in [3.05, 3.63) is 35.3 Å². The number of nitrogens with zero attached hydrogens (tertiary/aromatic N) is 1. The van der Waals surface area contributed by atoms with Gasteiger partial charge in [-0.3, -0.25) is 4.72 Å². The number of hydrogen-bond acceptors (Lipinski definition) is 8. The highest BCUT2D eigenvalue weighted by Crippen LogP contribution is 2.31. The SMILES string of the molecule is COC(=O)C1=C(C(=O)OC)N(c2cc(NS(C)(=O)=O)ccc2F)COC1. The summed E-state index contributed by atoms with van der Waals surface area (Å²) in [6, 6.07) is 3.40. The van der Waals surface area contributed by atoms with Crippen molar-refractivity contribution >= 4 is 33.3 Å². The summed E-state index contributed by atoms with van der Waals surface area (Å²) in [5.74, 6) is -2.49. The van der Waals surface area contributed by atoms with Crippen LogP contribution in [0.25, 0.3) is 0 Å². The van der Waals surface area contributed by atoms with Gasteiger partial charge in [0.2, 0.25) is 10.0 Å². The number of benzene rings is 1. The number of anilines is 2. The third-order valence-electron chi connectivity index (χ3n) is 3.37. The van der Waals surface area contributed by atoms with E-state index in [-0.39, 0.29) is 36.0 Å². The number of esters is 2. The molecule has 9 nitrogen and oxygen atoms in total. The molecule has 26 heavy (non-hydrogen) atoms. The number of ether oxygens (including phenoxy) is 3. The fraction of sp³-hybridized carbons (Fsp3) is 0.333. The molecule has 1 aliphatic rings. The number of hydrogen-bond donors (Lipinski definition) is 1. The molecule has 0 unspecified atom stereocenters. The Morgan fingerprint density at radius 2 is 1.88 bits per heavy atom. The van der Waals surface area contributed by atoms with Gasteiger partial charge in [-0.1, -0.05) is 0 Å². The molecule has 0 saturated heterocycles. The van der Waals surface area contributed by atoms with Crippen LogP contribution in [0.2, 0.25) is 0 Å². The zero-order valence-electron chi connectivity index (χ0n) is 14.2. The lowest BCUT2D eigenvalue weighted by Gasteiger charge is -2.31. The van der Waals surface area contributed by atoms with E-state index < -0.39 is 27.8 Å². The number of methoxy groups -OCH3 is 2. The quantitative estimate of drug-likeness (QED) is 0.730. The number of carbonyl (C=O) groups excluding carboxylic acids is 2. The lowest BCUT2D eigenvalue weighted by atomic mass is 10.1. The molecule has 11 heteroatoms. The van der Waals surface area contributed by atoms with Crippen molar-refractivity contribution in [3.63, 3.8) is 0 Å². The molecule has 0 spiro atoms. The van der Waals surface area contributed by atoms with E-state index in [4.69, 9.17) is 4.74 Å². The molecule has 142 valence electrons. The van der Waals surface area contributed by atoms with Gasteiger partial charge in [0.1, 0.15) is 18.2 Å². The Kier molecular flexibility index (Phi) is 5.83. The topological polar surface area (TPSA) is 111 Å². The standard InChI is InChI=1S/C15H17FN2O7S/c1-23-14(19)10-7-25-8-18(13(10)15(20)24-2)12-6-9(4-5-11(12)16)17-26(3,21)22/h4-6,17H,7-8H2,1-3H3. The van der Waals surface area contributed by atoms with Crippen molar-refractivity contribution in [1.82, 2.24) is 0 Å². The number of rotatable bonds is 5. The maximum atomic E-state index is 14.4. The predicted molar refractivity (Wildman–Crippen MR) is 89.2 cm³/mol. The number of halogens is 1. The molecule has 0 amide bonds. The van der Waals surface area contributed by atoms with Crippen LogP contribution in [0.5, 0.6) is 0 Å². The van der Waals surface area contributed by atoms with E-state index in [1.54, 1.807) is 0 Å². The lowest BCUT2D eigenvalue weighted by molar-refractivity contribution is -0.140. The molecule has 1 aromatic rings. The average Bonchev–Trinajstić information content (AvgIpc) is 2.60. The summed E-state index contributed by atoms with van der Waals surface area (Å²) in [6.45, 7) is -0.485. The maximum Gasteiger partial charge on any atom is 0.355 e. The summed E-state index contributed by atoms with van der Waals surface area (Å²) in [4.78, 5) is 25.2. The van der Waals surface area contributed by atoms with Gasteiger partial charge in [-0.15, -0.1) is 0 Å². The van der Waals surface area contributed by atoms with Crippen molar-refractivity contribution < 1.29 is 36.6 Å². The van der Waals surface area contributed by atoms with E-state index in [1.807, 2.05) is 0 Å². The van der Waals surface area contributed by atoms with Gasteiger partial charge in [-0.2, -0.15) is 0 Å². The van der Waals surface area contributed by atoms with Crippen molar-refractivity contribution in [2.24, 2.45) is 0 Å². The predicted octanol–water partition coefficient (Wildman–Crippen LogP) is 0.591.